The maximum Gasteiger partial charge on any atom is 0.335 e. The SMILES string of the molecule is COc1cc(/C=C2/C(=O)NC(=O)N(c3ccc(C)c(C)c3)C2=O)cc(Br)c1OCC(=O)Nc1ccccc1Cl. The van der Waals surface area contributed by atoms with Gasteiger partial charge in [-0.2, -0.15) is 0 Å². The lowest BCUT2D eigenvalue weighted by molar-refractivity contribution is -0.122. The number of hydrogen-bond donors (Lipinski definition) is 2. The monoisotopic (exact) mass is 611 g/mol. The normalized spacial score (nSPS) is 14.3. The molecule has 0 atom stereocenters. The zero-order chi connectivity index (χ0) is 28.3. The van der Waals surface area contributed by atoms with Gasteiger partial charge in [-0.15, -0.1) is 0 Å². The molecule has 0 bridgehead atoms. The van der Waals surface area contributed by atoms with Gasteiger partial charge in [0.2, 0.25) is 0 Å². The van der Waals surface area contributed by atoms with Crippen molar-refractivity contribution in [3.05, 3.63) is 86.4 Å². The molecule has 2 N–H and O–H groups in total. The minimum absolute atomic E-state index is 0.236. The van der Waals surface area contributed by atoms with Crippen LogP contribution < -0.4 is 25.0 Å². The van der Waals surface area contributed by atoms with E-state index in [4.69, 9.17) is 21.1 Å². The Morgan fingerprint density at radius 2 is 1.82 bits per heavy atom. The van der Waals surface area contributed by atoms with Crippen LogP contribution >= 0.6 is 27.5 Å². The van der Waals surface area contributed by atoms with E-state index in [1.165, 1.54) is 19.3 Å². The first-order valence-corrected chi connectivity index (χ1v) is 12.8. The number of rotatable bonds is 7. The van der Waals surface area contributed by atoms with Crippen LogP contribution in [0.15, 0.2) is 64.6 Å². The third kappa shape index (κ3) is 6.13. The van der Waals surface area contributed by atoms with Gasteiger partial charge in [-0.1, -0.05) is 29.8 Å². The summed E-state index contributed by atoms with van der Waals surface area (Å²) in [6, 6.07) is 14.2. The summed E-state index contributed by atoms with van der Waals surface area (Å²) in [7, 11) is 1.41. The minimum Gasteiger partial charge on any atom is -0.493 e. The van der Waals surface area contributed by atoms with Crippen LogP contribution in [0.1, 0.15) is 16.7 Å². The van der Waals surface area contributed by atoms with Gasteiger partial charge in [0.05, 0.1) is 28.0 Å². The molecule has 1 saturated heterocycles. The lowest BCUT2D eigenvalue weighted by Gasteiger charge is -2.27. The summed E-state index contributed by atoms with van der Waals surface area (Å²) >= 11 is 9.48. The molecule has 9 nitrogen and oxygen atoms in total. The van der Waals surface area contributed by atoms with Gasteiger partial charge in [-0.3, -0.25) is 19.7 Å². The Balaban J connectivity index is 1.57. The fourth-order valence-electron chi connectivity index (χ4n) is 3.77. The minimum atomic E-state index is -0.831. The van der Waals surface area contributed by atoms with Crippen LogP contribution in [0.2, 0.25) is 5.02 Å². The molecule has 1 aliphatic heterocycles. The van der Waals surface area contributed by atoms with Gasteiger partial charge in [-0.25, -0.2) is 9.69 Å². The van der Waals surface area contributed by atoms with Gasteiger partial charge in [0.1, 0.15) is 5.57 Å². The molecule has 200 valence electrons. The molecule has 0 spiro atoms. The second-order valence-electron chi connectivity index (χ2n) is 8.58. The molecule has 39 heavy (non-hydrogen) atoms. The molecule has 1 aliphatic rings. The lowest BCUT2D eigenvalue weighted by Crippen LogP contribution is -2.54. The number of nitrogens with zero attached hydrogens (tertiary/aromatic N) is 1. The fourth-order valence-corrected chi connectivity index (χ4v) is 4.53. The summed E-state index contributed by atoms with van der Waals surface area (Å²) in [6.07, 6.45) is 1.35. The first-order chi connectivity index (χ1) is 18.6. The Labute approximate surface area is 237 Å². The van der Waals surface area contributed by atoms with E-state index in [0.717, 1.165) is 16.0 Å². The van der Waals surface area contributed by atoms with E-state index in [0.29, 0.717) is 26.4 Å². The van der Waals surface area contributed by atoms with E-state index >= 15 is 0 Å². The van der Waals surface area contributed by atoms with E-state index in [2.05, 4.69) is 26.6 Å². The van der Waals surface area contributed by atoms with Gasteiger partial charge in [0, 0.05) is 0 Å². The number of amides is 5. The Kier molecular flexibility index (Phi) is 8.37. The first kappa shape index (κ1) is 27.9. The highest BCUT2D eigenvalue weighted by Crippen LogP contribution is 2.37. The zero-order valence-corrected chi connectivity index (χ0v) is 23.5. The highest BCUT2D eigenvalue weighted by molar-refractivity contribution is 9.10. The third-order valence-corrected chi connectivity index (χ3v) is 6.83. The average Bonchev–Trinajstić information content (AvgIpc) is 2.89. The van der Waals surface area contributed by atoms with Gasteiger partial charge in [0.25, 0.3) is 17.7 Å². The number of carbonyl (C=O) groups is 4. The summed E-state index contributed by atoms with van der Waals surface area (Å²) in [6.45, 7) is 3.44. The molecule has 0 aliphatic carbocycles. The van der Waals surface area contributed by atoms with Crippen molar-refractivity contribution in [3.8, 4) is 11.5 Å². The van der Waals surface area contributed by atoms with Gasteiger partial charge in [-0.05, 0) is 88.9 Å². The summed E-state index contributed by atoms with van der Waals surface area (Å²) in [5.41, 5.74) is 2.85. The maximum absolute atomic E-state index is 13.3. The van der Waals surface area contributed by atoms with Crippen molar-refractivity contribution in [2.24, 2.45) is 0 Å². The smallest absolute Gasteiger partial charge is 0.335 e. The van der Waals surface area contributed by atoms with Gasteiger partial charge >= 0.3 is 6.03 Å². The number of carbonyl (C=O) groups excluding carboxylic acids is 4. The van der Waals surface area contributed by atoms with Gasteiger partial charge in [0.15, 0.2) is 18.1 Å². The van der Waals surface area contributed by atoms with Crippen molar-refractivity contribution in [2.45, 2.75) is 13.8 Å². The van der Waals surface area contributed by atoms with Crippen LogP contribution in [0.4, 0.5) is 16.2 Å². The largest absolute Gasteiger partial charge is 0.493 e. The van der Waals surface area contributed by atoms with E-state index in [1.807, 2.05) is 13.8 Å². The highest BCUT2D eigenvalue weighted by Gasteiger charge is 2.37. The Morgan fingerprint density at radius 3 is 2.51 bits per heavy atom. The van der Waals surface area contributed by atoms with Gasteiger partial charge < -0.3 is 14.8 Å². The number of ether oxygens (including phenoxy) is 2. The van der Waals surface area contributed by atoms with E-state index in [9.17, 15) is 19.2 Å². The Morgan fingerprint density at radius 1 is 1.08 bits per heavy atom. The molecule has 3 aromatic rings. The van der Waals surface area contributed by atoms with Crippen LogP contribution in [0.5, 0.6) is 11.5 Å². The Bertz CT molecular complexity index is 1540. The molecule has 1 heterocycles. The highest BCUT2D eigenvalue weighted by atomic mass is 79.9. The fraction of sp³-hybridized carbons (Fsp3) is 0.143. The number of nitrogens with one attached hydrogen (secondary N) is 2. The van der Waals surface area contributed by atoms with Crippen molar-refractivity contribution in [3.63, 3.8) is 0 Å². The summed E-state index contributed by atoms with van der Waals surface area (Å²) < 4.78 is 11.5. The number of benzene rings is 3. The topological polar surface area (TPSA) is 114 Å². The molecule has 0 radical (unpaired) electrons. The molecule has 3 aromatic carbocycles. The standard InChI is InChI=1S/C28H23BrClN3O6/c1-15-8-9-18(10-16(15)2)33-27(36)19(26(35)32-28(33)37)11-17-12-20(29)25(23(13-17)38-3)39-14-24(34)31-22-7-5-4-6-21(22)30/h4-13H,14H2,1-3H3,(H,31,34)(H,32,35,37)/b19-11-. The Hall–Kier alpha value is -4.15. The van der Waals surface area contributed by atoms with Crippen LogP contribution in [-0.2, 0) is 14.4 Å². The summed E-state index contributed by atoms with van der Waals surface area (Å²) in [5, 5.41) is 5.27. The second-order valence-corrected chi connectivity index (χ2v) is 9.84. The number of barbiturate groups is 1. The lowest BCUT2D eigenvalue weighted by atomic mass is 10.0. The zero-order valence-electron chi connectivity index (χ0n) is 21.1. The van der Waals surface area contributed by atoms with Crippen LogP contribution in [0.3, 0.4) is 0 Å². The van der Waals surface area contributed by atoms with E-state index < -0.39 is 23.8 Å². The van der Waals surface area contributed by atoms with Crippen molar-refractivity contribution in [1.29, 1.82) is 0 Å². The van der Waals surface area contributed by atoms with Crippen LogP contribution in [0.25, 0.3) is 6.08 Å². The summed E-state index contributed by atoms with van der Waals surface area (Å²) in [5.74, 6) is -1.55. The van der Waals surface area contributed by atoms with E-state index in [-0.39, 0.29) is 23.7 Å². The van der Waals surface area contributed by atoms with Crippen LogP contribution in [-0.4, -0.2) is 37.5 Å². The molecule has 0 saturated carbocycles. The molecule has 1 fully saturated rings. The number of anilines is 2. The number of aryl methyl sites for hydroxylation is 2. The van der Waals surface area contributed by atoms with Crippen molar-refractivity contribution in [1.82, 2.24) is 5.32 Å². The van der Waals surface area contributed by atoms with Crippen molar-refractivity contribution < 1.29 is 28.7 Å². The molecule has 0 aromatic heterocycles. The first-order valence-electron chi connectivity index (χ1n) is 11.6. The molecule has 0 unspecified atom stereocenters. The number of methoxy groups -OCH3 is 1. The average molecular weight is 613 g/mol. The number of hydrogen-bond acceptors (Lipinski definition) is 6. The number of para-hydroxylation sites is 1. The summed E-state index contributed by atoms with van der Waals surface area (Å²) in [4.78, 5) is 51.7. The van der Waals surface area contributed by atoms with Crippen molar-refractivity contribution >= 4 is 68.7 Å². The van der Waals surface area contributed by atoms with Crippen LogP contribution in [0, 0.1) is 13.8 Å². The number of halogens is 2. The number of urea groups is 1. The molecule has 5 amide bonds. The quantitative estimate of drug-likeness (QED) is 0.272. The molecular formula is C28H23BrClN3O6. The van der Waals surface area contributed by atoms with E-state index in [1.54, 1.807) is 48.5 Å². The molecular weight excluding hydrogens is 590 g/mol. The third-order valence-electron chi connectivity index (χ3n) is 5.91. The number of imide groups is 2. The predicted molar refractivity (Wildman–Crippen MR) is 151 cm³/mol. The molecule has 4 rings (SSSR count). The predicted octanol–water partition coefficient (Wildman–Crippen LogP) is 5.41. The van der Waals surface area contributed by atoms with Crippen molar-refractivity contribution in [2.75, 3.05) is 23.9 Å². The molecule has 11 heteroatoms. The second kappa shape index (κ2) is 11.7. The maximum atomic E-state index is 13.3.